The third kappa shape index (κ3) is 2.56. The first-order valence-corrected chi connectivity index (χ1v) is 5.45. The van der Waals surface area contributed by atoms with Crippen LogP contribution in [0.2, 0.25) is 0 Å². The summed E-state index contributed by atoms with van der Waals surface area (Å²) in [6, 6.07) is 5.94. The smallest absolute Gasteiger partial charge is 0.168 e. The van der Waals surface area contributed by atoms with Crippen LogP contribution in [-0.2, 0) is 13.5 Å². The molecule has 0 amide bonds. The van der Waals surface area contributed by atoms with Gasteiger partial charge in [-0.05, 0) is 24.3 Å². The van der Waals surface area contributed by atoms with Gasteiger partial charge in [0.2, 0.25) is 0 Å². The van der Waals surface area contributed by atoms with Crippen molar-refractivity contribution in [3.05, 3.63) is 47.5 Å². The van der Waals surface area contributed by atoms with E-state index in [4.69, 9.17) is 4.74 Å². The highest BCUT2D eigenvalue weighted by atomic mass is 19.1. The summed E-state index contributed by atoms with van der Waals surface area (Å²) in [6.45, 7) is 0. The highest BCUT2D eigenvalue weighted by Crippen LogP contribution is 2.18. The molecule has 0 aliphatic rings. The van der Waals surface area contributed by atoms with Crippen molar-refractivity contribution in [1.29, 1.82) is 0 Å². The maximum atomic E-state index is 13.5. The van der Waals surface area contributed by atoms with E-state index in [0.717, 1.165) is 0 Å². The summed E-state index contributed by atoms with van der Waals surface area (Å²) >= 11 is 0. The number of halogens is 1. The van der Waals surface area contributed by atoms with Crippen LogP contribution in [0.25, 0.3) is 0 Å². The summed E-state index contributed by atoms with van der Waals surface area (Å²) in [4.78, 5) is 11.9. The average Bonchev–Trinajstić information content (AvgIpc) is 2.74. The van der Waals surface area contributed by atoms with Crippen molar-refractivity contribution >= 4 is 5.78 Å². The van der Waals surface area contributed by atoms with E-state index in [1.54, 1.807) is 30.1 Å². The number of aryl methyl sites for hydroxylation is 1. The number of benzene rings is 1. The predicted octanol–water partition coefficient (Wildman–Crippen LogP) is 1.99. The van der Waals surface area contributed by atoms with Gasteiger partial charge in [-0.1, -0.05) is 0 Å². The van der Waals surface area contributed by atoms with E-state index < -0.39 is 5.82 Å². The SMILES string of the molecule is COc1ccc(C(=O)Cc2ccn(C)n2)cc1F. The van der Waals surface area contributed by atoms with E-state index in [1.165, 1.54) is 19.2 Å². The van der Waals surface area contributed by atoms with E-state index >= 15 is 0 Å². The lowest BCUT2D eigenvalue weighted by Crippen LogP contribution is -2.05. The van der Waals surface area contributed by atoms with Crippen LogP contribution in [0.5, 0.6) is 5.75 Å². The molecule has 0 aliphatic heterocycles. The summed E-state index contributed by atoms with van der Waals surface area (Å²) in [5, 5.41) is 4.11. The van der Waals surface area contributed by atoms with Crippen molar-refractivity contribution in [2.45, 2.75) is 6.42 Å². The summed E-state index contributed by atoms with van der Waals surface area (Å²) in [5.74, 6) is -0.580. The molecule has 0 bridgehead atoms. The normalized spacial score (nSPS) is 10.4. The predicted molar refractivity (Wildman–Crippen MR) is 64.2 cm³/mol. The van der Waals surface area contributed by atoms with Crippen molar-refractivity contribution in [1.82, 2.24) is 9.78 Å². The molecule has 1 heterocycles. The second-order valence-corrected chi connectivity index (χ2v) is 3.93. The summed E-state index contributed by atoms with van der Waals surface area (Å²) in [6.07, 6.45) is 1.92. The minimum atomic E-state index is -0.538. The molecule has 1 aromatic heterocycles. The largest absolute Gasteiger partial charge is 0.494 e. The monoisotopic (exact) mass is 248 g/mol. The number of carbonyl (C=O) groups excluding carboxylic acids is 1. The van der Waals surface area contributed by atoms with E-state index in [9.17, 15) is 9.18 Å². The van der Waals surface area contributed by atoms with Gasteiger partial charge in [0.15, 0.2) is 17.3 Å². The first kappa shape index (κ1) is 12.3. The molecule has 0 N–H and O–H groups in total. The molecular weight excluding hydrogens is 235 g/mol. The van der Waals surface area contributed by atoms with Gasteiger partial charge in [-0.25, -0.2) is 4.39 Å². The number of hydrogen-bond donors (Lipinski definition) is 0. The van der Waals surface area contributed by atoms with Crippen LogP contribution < -0.4 is 4.74 Å². The topological polar surface area (TPSA) is 44.1 Å². The Kier molecular flexibility index (Phi) is 3.41. The van der Waals surface area contributed by atoms with Crippen molar-refractivity contribution in [3.8, 4) is 5.75 Å². The molecule has 0 atom stereocenters. The molecule has 2 rings (SSSR count). The van der Waals surface area contributed by atoms with Crippen LogP contribution in [0.3, 0.4) is 0 Å². The second-order valence-electron chi connectivity index (χ2n) is 3.93. The summed E-state index contributed by atoms with van der Waals surface area (Å²) in [7, 11) is 3.16. The van der Waals surface area contributed by atoms with Crippen molar-refractivity contribution in [2.75, 3.05) is 7.11 Å². The minimum Gasteiger partial charge on any atom is -0.494 e. The third-order valence-corrected chi connectivity index (χ3v) is 2.58. The van der Waals surface area contributed by atoms with Gasteiger partial charge in [-0.15, -0.1) is 0 Å². The highest BCUT2D eigenvalue weighted by molar-refractivity contribution is 5.97. The molecule has 18 heavy (non-hydrogen) atoms. The first-order valence-electron chi connectivity index (χ1n) is 5.45. The molecule has 2 aromatic rings. The van der Waals surface area contributed by atoms with Crippen LogP contribution in [0.1, 0.15) is 16.1 Å². The van der Waals surface area contributed by atoms with E-state index in [1.807, 2.05) is 0 Å². The zero-order valence-electron chi connectivity index (χ0n) is 10.2. The van der Waals surface area contributed by atoms with Gasteiger partial charge < -0.3 is 4.74 Å². The first-order chi connectivity index (χ1) is 8.60. The number of hydrogen-bond acceptors (Lipinski definition) is 3. The highest BCUT2D eigenvalue weighted by Gasteiger charge is 2.12. The van der Waals surface area contributed by atoms with Crippen LogP contribution in [-0.4, -0.2) is 22.7 Å². The minimum absolute atomic E-state index is 0.129. The van der Waals surface area contributed by atoms with Crippen LogP contribution >= 0.6 is 0 Å². The summed E-state index contributed by atoms with van der Waals surface area (Å²) < 4.78 is 19.9. The number of carbonyl (C=O) groups is 1. The van der Waals surface area contributed by atoms with Gasteiger partial charge in [-0.3, -0.25) is 9.48 Å². The van der Waals surface area contributed by atoms with E-state index in [2.05, 4.69) is 5.10 Å². The Labute approximate surface area is 104 Å². The molecule has 0 saturated heterocycles. The quantitative estimate of drug-likeness (QED) is 0.777. The third-order valence-electron chi connectivity index (χ3n) is 2.58. The Balaban J connectivity index is 2.16. The fourth-order valence-electron chi connectivity index (χ4n) is 1.66. The maximum Gasteiger partial charge on any atom is 0.168 e. The van der Waals surface area contributed by atoms with Gasteiger partial charge in [0.05, 0.1) is 19.2 Å². The van der Waals surface area contributed by atoms with Crippen molar-refractivity contribution in [3.63, 3.8) is 0 Å². The number of ether oxygens (including phenoxy) is 1. The van der Waals surface area contributed by atoms with Gasteiger partial charge in [0, 0.05) is 18.8 Å². The number of nitrogens with zero attached hydrogens (tertiary/aromatic N) is 2. The Morgan fingerprint density at radius 2 is 2.22 bits per heavy atom. The zero-order chi connectivity index (χ0) is 13.1. The standard InChI is InChI=1S/C13H13FN2O2/c1-16-6-5-10(15-16)8-12(17)9-3-4-13(18-2)11(14)7-9/h3-7H,8H2,1-2H3. The van der Waals surface area contributed by atoms with Crippen molar-refractivity contribution in [2.24, 2.45) is 7.05 Å². The van der Waals surface area contributed by atoms with Crippen LogP contribution in [0, 0.1) is 5.82 Å². The molecule has 0 spiro atoms. The van der Waals surface area contributed by atoms with Gasteiger partial charge >= 0.3 is 0 Å². The number of methoxy groups -OCH3 is 1. The molecule has 5 heteroatoms. The zero-order valence-corrected chi connectivity index (χ0v) is 10.2. The lowest BCUT2D eigenvalue weighted by molar-refractivity contribution is 0.0991. The van der Waals surface area contributed by atoms with Crippen LogP contribution in [0.15, 0.2) is 30.5 Å². The van der Waals surface area contributed by atoms with E-state index in [0.29, 0.717) is 11.3 Å². The Morgan fingerprint density at radius 3 is 2.78 bits per heavy atom. The Morgan fingerprint density at radius 1 is 1.44 bits per heavy atom. The average molecular weight is 248 g/mol. The Hall–Kier alpha value is -2.17. The number of Topliss-reactive ketones (excluding diaryl/α,β-unsaturated/α-hetero) is 1. The van der Waals surface area contributed by atoms with Crippen molar-refractivity contribution < 1.29 is 13.9 Å². The molecule has 0 radical (unpaired) electrons. The fourth-order valence-corrected chi connectivity index (χ4v) is 1.66. The molecule has 1 aromatic carbocycles. The van der Waals surface area contributed by atoms with Gasteiger partial charge in [0.25, 0.3) is 0 Å². The maximum absolute atomic E-state index is 13.5. The number of aromatic nitrogens is 2. The molecular formula is C13H13FN2O2. The summed E-state index contributed by atoms with van der Waals surface area (Å²) in [5.41, 5.74) is 0.984. The number of rotatable bonds is 4. The van der Waals surface area contributed by atoms with Gasteiger partial charge in [-0.2, -0.15) is 5.10 Å². The molecule has 0 saturated carbocycles. The lowest BCUT2D eigenvalue weighted by Gasteiger charge is -2.03. The number of ketones is 1. The lowest BCUT2D eigenvalue weighted by atomic mass is 10.1. The molecule has 0 unspecified atom stereocenters. The van der Waals surface area contributed by atoms with Gasteiger partial charge in [0.1, 0.15) is 0 Å². The van der Waals surface area contributed by atoms with Crippen LogP contribution in [0.4, 0.5) is 4.39 Å². The molecule has 4 nitrogen and oxygen atoms in total. The molecule has 0 fully saturated rings. The second kappa shape index (κ2) is 5.00. The molecule has 94 valence electrons. The van der Waals surface area contributed by atoms with E-state index in [-0.39, 0.29) is 18.0 Å². The fraction of sp³-hybridized carbons (Fsp3) is 0.231. The molecule has 0 aliphatic carbocycles. The Bertz CT molecular complexity index is 578.